The van der Waals surface area contributed by atoms with E-state index in [1.54, 1.807) is 11.8 Å². The number of carbonyl (C=O) groups is 3. The Morgan fingerprint density at radius 2 is 1.85 bits per heavy atom. The standard InChI is InChI=1S/C13H19N3O4/c1-13(12(19)20)5-7-16(8-6-13)11(18)9-3-4-10(17)15(2)14-9/h3-8H2,1-2H3,(H,19,20). The highest BCUT2D eigenvalue weighted by Crippen LogP contribution is 2.31. The Morgan fingerprint density at radius 3 is 2.35 bits per heavy atom. The van der Waals surface area contributed by atoms with Crippen LogP contribution in [0.5, 0.6) is 0 Å². The molecule has 0 unspecified atom stereocenters. The first kappa shape index (κ1) is 14.5. The number of likely N-dealkylation sites (tertiary alicyclic amines) is 1. The van der Waals surface area contributed by atoms with Crippen molar-refractivity contribution in [1.82, 2.24) is 9.91 Å². The van der Waals surface area contributed by atoms with Crippen molar-refractivity contribution in [3.05, 3.63) is 0 Å². The number of hydrazone groups is 1. The molecule has 7 heteroatoms. The molecule has 0 spiro atoms. The highest BCUT2D eigenvalue weighted by Gasteiger charge is 2.39. The van der Waals surface area contributed by atoms with Gasteiger partial charge >= 0.3 is 5.97 Å². The fourth-order valence-corrected chi connectivity index (χ4v) is 2.42. The van der Waals surface area contributed by atoms with Crippen molar-refractivity contribution in [3.8, 4) is 0 Å². The minimum absolute atomic E-state index is 0.0985. The SMILES string of the molecule is CN1N=C(C(=O)N2CCC(C)(C(=O)O)CC2)CCC1=O. The summed E-state index contributed by atoms with van der Waals surface area (Å²) in [4.78, 5) is 36.4. The van der Waals surface area contributed by atoms with Crippen LogP contribution in [0.3, 0.4) is 0 Å². The molecule has 2 heterocycles. The van der Waals surface area contributed by atoms with Gasteiger partial charge in [-0.1, -0.05) is 0 Å². The summed E-state index contributed by atoms with van der Waals surface area (Å²) in [5, 5.41) is 14.4. The van der Waals surface area contributed by atoms with Gasteiger partial charge in [-0.15, -0.1) is 0 Å². The maximum Gasteiger partial charge on any atom is 0.309 e. The monoisotopic (exact) mass is 281 g/mol. The molecular formula is C13H19N3O4. The second-order valence-electron chi connectivity index (χ2n) is 5.62. The Kier molecular flexibility index (Phi) is 3.78. The molecule has 2 amide bonds. The third-order valence-electron chi connectivity index (χ3n) is 4.12. The van der Waals surface area contributed by atoms with Gasteiger partial charge in [0.2, 0.25) is 5.91 Å². The number of hydrogen-bond acceptors (Lipinski definition) is 4. The minimum atomic E-state index is -0.815. The Bertz CT molecular complexity index is 478. The molecule has 20 heavy (non-hydrogen) atoms. The lowest BCUT2D eigenvalue weighted by Gasteiger charge is -2.36. The Hall–Kier alpha value is -1.92. The summed E-state index contributed by atoms with van der Waals surface area (Å²) in [6.45, 7) is 2.54. The quantitative estimate of drug-likeness (QED) is 0.788. The third kappa shape index (κ3) is 2.66. The lowest BCUT2D eigenvalue weighted by Crippen LogP contribution is -2.48. The van der Waals surface area contributed by atoms with Gasteiger partial charge in [0.05, 0.1) is 5.41 Å². The molecule has 0 bridgehead atoms. The van der Waals surface area contributed by atoms with Crippen molar-refractivity contribution in [2.45, 2.75) is 32.6 Å². The largest absolute Gasteiger partial charge is 0.481 e. The van der Waals surface area contributed by atoms with E-state index in [1.165, 1.54) is 12.1 Å². The number of nitrogens with zero attached hydrogens (tertiary/aromatic N) is 3. The lowest BCUT2D eigenvalue weighted by atomic mass is 9.80. The van der Waals surface area contributed by atoms with E-state index in [-0.39, 0.29) is 11.8 Å². The molecular weight excluding hydrogens is 262 g/mol. The van der Waals surface area contributed by atoms with Gasteiger partial charge in [0.15, 0.2) is 0 Å². The first-order valence-corrected chi connectivity index (χ1v) is 6.70. The van der Waals surface area contributed by atoms with Gasteiger partial charge < -0.3 is 10.0 Å². The van der Waals surface area contributed by atoms with Gasteiger partial charge in [-0.05, 0) is 19.8 Å². The molecule has 1 N–H and O–H groups in total. The maximum atomic E-state index is 12.3. The number of carboxylic acids is 1. The second-order valence-corrected chi connectivity index (χ2v) is 5.62. The zero-order valence-electron chi connectivity index (χ0n) is 11.8. The van der Waals surface area contributed by atoms with Crippen molar-refractivity contribution in [3.63, 3.8) is 0 Å². The van der Waals surface area contributed by atoms with Crippen molar-refractivity contribution < 1.29 is 19.5 Å². The smallest absolute Gasteiger partial charge is 0.309 e. The van der Waals surface area contributed by atoms with E-state index in [0.717, 1.165) is 0 Å². The van der Waals surface area contributed by atoms with Gasteiger partial charge in [-0.25, -0.2) is 5.01 Å². The number of piperidine rings is 1. The van der Waals surface area contributed by atoms with Gasteiger partial charge in [0.1, 0.15) is 5.71 Å². The Balaban J connectivity index is 2.01. The number of carboxylic acid groups (broad SMARTS) is 1. The van der Waals surface area contributed by atoms with Crippen LogP contribution in [0.25, 0.3) is 0 Å². The molecule has 0 aliphatic carbocycles. The number of carbonyl (C=O) groups excluding carboxylic acids is 2. The van der Waals surface area contributed by atoms with Crippen LogP contribution in [0.4, 0.5) is 0 Å². The van der Waals surface area contributed by atoms with E-state index < -0.39 is 11.4 Å². The van der Waals surface area contributed by atoms with Crippen LogP contribution in [0.1, 0.15) is 32.6 Å². The fourth-order valence-electron chi connectivity index (χ4n) is 2.42. The van der Waals surface area contributed by atoms with Crippen LogP contribution in [0, 0.1) is 5.41 Å². The third-order valence-corrected chi connectivity index (χ3v) is 4.12. The number of hydrogen-bond donors (Lipinski definition) is 1. The van der Waals surface area contributed by atoms with Crippen LogP contribution in [0.15, 0.2) is 5.10 Å². The summed E-state index contributed by atoms with van der Waals surface area (Å²) in [6, 6.07) is 0. The molecule has 2 rings (SSSR count). The van der Waals surface area contributed by atoms with Crippen molar-refractivity contribution in [2.75, 3.05) is 20.1 Å². The Morgan fingerprint density at radius 1 is 1.25 bits per heavy atom. The van der Waals surface area contributed by atoms with E-state index in [4.69, 9.17) is 5.11 Å². The average Bonchev–Trinajstić information content (AvgIpc) is 2.42. The first-order valence-electron chi connectivity index (χ1n) is 6.70. The molecule has 2 aliphatic rings. The predicted molar refractivity (Wildman–Crippen MR) is 71.0 cm³/mol. The molecule has 0 aromatic heterocycles. The molecule has 2 aliphatic heterocycles. The van der Waals surface area contributed by atoms with Crippen molar-refractivity contribution >= 4 is 23.5 Å². The molecule has 0 radical (unpaired) electrons. The van der Waals surface area contributed by atoms with Gasteiger partial charge in [0.25, 0.3) is 5.91 Å². The molecule has 110 valence electrons. The predicted octanol–water partition coefficient (Wildman–Crippen LogP) is 0.308. The summed E-state index contributed by atoms with van der Waals surface area (Å²) in [5.41, 5.74) is -0.371. The summed E-state index contributed by atoms with van der Waals surface area (Å²) in [5.74, 6) is -1.10. The first-order chi connectivity index (χ1) is 9.33. The van der Waals surface area contributed by atoms with Gasteiger partial charge in [-0.3, -0.25) is 14.4 Å². The van der Waals surface area contributed by atoms with Gasteiger partial charge in [-0.2, -0.15) is 5.10 Å². The number of rotatable bonds is 2. The van der Waals surface area contributed by atoms with Crippen LogP contribution < -0.4 is 0 Å². The molecule has 7 nitrogen and oxygen atoms in total. The fraction of sp³-hybridized carbons (Fsp3) is 0.692. The molecule has 0 saturated carbocycles. The summed E-state index contributed by atoms with van der Waals surface area (Å²) in [6.07, 6.45) is 1.53. The van der Waals surface area contributed by atoms with Crippen molar-refractivity contribution in [1.29, 1.82) is 0 Å². The zero-order valence-corrected chi connectivity index (χ0v) is 11.8. The van der Waals surface area contributed by atoms with Gasteiger partial charge in [0, 0.05) is 33.0 Å². The van der Waals surface area contributed by atoms with Crippen LogP contribution in [-0.2, 0) is 14.4 Å². The molecule has 0 atom stereocenters. The summed E-state index contributed by atoms with van der Waals surface area (Å²) < 4.78 is 0. The highest BCUT2D eigenvalue weighted by molar-refractivity contribution is 6.39. The average molecular weight is 281 g/mol. The number of aliphatic carboxylic acids is 1. The zero-order chi connectivity index (χ0) is 14.9. The second kappa shape index (κ2) is 5.22. The molecule has 0 aromatic rings. The summed E-state index contributed by atoms with van der Waals surface area (Å²) >= 11 is 0. The van der Waals surface area contributed by atoms with E-state index in [1.807, 2.05) is 0 Å². The van der Waals surface area contributed by atoms with E-state index in [0.29, 0.717) is 44.5 Å². The van der Waals surface area contributed by atoms with Crippen molar-refractivity contribution in [2.24, 2.45) is 10.5 Å². The number of amides is 2. The highest BCUT2D eigenvalue weighted by atomic mass is 16.4. The maximum absolute atomic E-state index is 12.3. The normalized spacial score (nSPS) is 22.5. The molecule has 1 saturated heterocycles. The lowest BCUT2D eigenvalue weighted by molar-refractivity contribution is -0.152. The van der Waals surface area contributed by atoms with Crippen LogP contribution in [0.2, 0.25) is 0 Å². The Labute approximate surface area is 117 Å². The topological polar surface area (TPSA) is 90.3 Å². The minimum Gasteiger partial charge on any atom is -0.481 e. The van der Waals surface area contributed by atoms with Crippen LogP contribution in [-0.4, -0.2) is 58.6 Å². The molecule has 0 aromatic carbocycles. The summed E-state index contributed by atoms with van der Waals surface area (Å²) in [7, 11) is 1.53. The van der Waals surface area contributed by atoms with E-state index >= 15 is 0 Å². The van der Waals surface area contributed by atoms with Crippen LogP contribution >= 0.6 is 0 Å². The van der Waals surface area contributed by atoms with E-state index in [2.05, 4.69) is 5.10 Å². The molecule has 1 fully saturated rings. The van der Waals surface area contributed by atoms with E-state index in [9.17, 15) is 14.4 Å².